The van der Waals surface area contributed by atoms with Gasteiger partial charge in [-0.15, -0.1) is 0 Å². The lowest BCUT2D eigenvalue weighted by Gasteiger charge is -2.19. The normalized spacial score (nSPS) is 21.8. The van der Waals surface area contributed by atoms with Crippen LogP contribution < -0.4 is 5.32 Å². The van der Waals surface area contributed by atoms with Crippen molar-refractivity contribution in [2.75, 3.05) is 12.3 Å². The fourth-order valence-corrected chi connectivity index (χ4v) is 3.83. The van der Waals surface area contributed by atoms with Gasteiger partial charge in [0.05, 0.1) is 0 Å². The molecule has 1 saturated carbocycles. The van der Waals surface area contributed by atoms with Gasteiger partial charge in [0, 0.05) is 11.3 Å². The molecule has 1 rings (SSSR count). The minimum atomic E-state index is 0.682. The highest BCUT2D eigenvalue weighted by molar-refractivity contribution is 7.99. The molecule has 0 bridgehead atoms. The summed E-state index contributed by atoms with van der Waals surface area (Å²) in [5.41, 5.74) is 0. The number of nitrogens with one attached hydrogen (secondary N) is 1. The van der Waals surface area contributed by atoms with Crippen LogP contribution in [0.5, 0.6) is 0 Å². The molecule has 0 heterocycles. The van der Waals surface area contributed by atoms with E-state index in [1.54, 1.807) is 0 Å². The zero-order valence-electron chi connectivity index (χ0n) is 10.6. The van der Waals surface area contributed by atoms with E-state index in [0.717, 1.165) is 17.7 Å². The zero-order chi connectivity index (χ0) is 11.1. The van der Waals surface area contributed by atoms with E-state index < -0.39 is 0 Å². The maximum atomic E-state index is 3.49. The van der Waals surface area contributed by atoms with Crippen molar-refractivity contribution in [3.05, 3.63) is 0 Å². The molecule has 2 atom stereocenters. The van der Waals surface area contributed by atoms with E-state index in [2.05, 4.69) is 37.8 Å². The van der Waals surface area contributed by atoms with Crippen molar-refractivity contribution in [1.82, 2.24) is 5.32 Å². The van der Waals surface area contributed by atoms with Crippen LogP contribution in [0.15, 0.2) is 0 Å². The molecule has 0 aliphatic heterocycles. The monoisotopic (exact) mass is 229 g/mol. The van der Waals surface area contributed by atoms with Crippen LogP contribution in [0.3, 0.4) is 0 Å². The molecule has 1 aliphatic carbocycles. The van der Waals surface area contributed by atoms with E-state index >= 15 is 0 Å². The average Bonchev–Trinajstić information content (AvgIpc) is 2.67. The Morgan fingerprint density at radius 3 is 2.53 bits per heavy atom. The zero-order valence-corrected chi connectivity index (χ0v) is 11.4. The fraction of sp³-hybridized carbons (Fsp3) is 1.00. The molecular weight excluding hydrogens is 202 g/mol. The molecule has 0 saturated heterocycles. The standard InChI is InChI=1S/C13H27NS/c1-4-14-11(2)9-12(3)15-10-13-7-5-6-8-13/h11-14H,4-10H2,1-3H3. The largest absolute Gasteiger partial charge is 0.314 e. The average molecular weight is 229 g/mol. The summed E-state index contributed by atoms with van der Waals surface area (Å²) in [6.07, 6.45) is 7.25. The van der Waals surface area contributed by atoms with Gasteiger partial charge < -0.3 is 5.32 Å². The molecule has 15 heavy (non-hydrogen) atoms. The summed E-state index contributed by atoms with van der Waals surface area (Å²) in [4.78, 5) is 0. The third-order valence-electron chi connectivity index (χ3n) is 3.33. The summed E-state index contributed by atoms with van der Waals surface area (Å²) >= 11 is 2.19. The van der Waals surface area contributed by atoms with Crippen molar-refractivity contribution in [2.24, 2.45) is 5.92 Å². The van der Waals surface area contributed by atoms with Gasteiger partial charge in [-0.05, 0) is 44.4 Å². The maximum absolute atomic E-state index is 3.49. The lowest BCUT2D eigenvalue weighted by atomic mass is 10.1. The maximum Gasteiger partial charge on any atom is 0.00490 e. The van der Waals surface area contributed by atoms with Gasteiger partial charge in [-0.1, -0.05) is 26.7 Å². The van der Waals surface area contributed by atoms with E-state index in [-0.39, 0.29) is 0 Å². The topological polar surface area (TPSA) is 12.0 Å². The first kappa shape index (κ1) is 13.4. The van der Waals surface area contributed by atoms with Crippen LogP contribution >= 0.6 is 11.8 Å². The highest BCUT2D eigenvalue weighted by Crippen LogP contribution is 2.30. The first-order chi connectivity index (χ1) is 7.22. The van der Waals surface area contributed by atoms with Crippen molar-refractivity contribution in [3.8, 4) is 0 Å². The molecule has 0 aromatic carbocycles. The second-order valence-corrected chi connectivity index (χ2v) is 6.46. The Balaban J connectivity index is 2.04. The summed E-state index contributed by atoms with van der Waals surface area (Å²) < 4.78 is 0. The SMILES string of the molecule is CCNC(C)CC(C)SCC1CCCC1. The number of hydrogen-bond acceptors (Lipinski definition) is 2. The van der Waals surface area contributed by atoms with Crippen LogP contribution in [-0.2, 0) is 0 Å². The third kappa shape index (κ3) is 5.82. The van der Waals surface area contributed by atoms with Gasteiger partial charge in [0.15, 0.2) is 0 Å². The van der Waals surface area contributed by atoms with Crippen LogP contribution in [0.2, 0.25) is 0 Å². The van der Waals surface area contributed by atoms with Crippen molar-refractivity contribution in [1.29, 1.82) is 0 Å². The minimum absolute atomic E-state index is 0.682. The molecular formula is C13H27NS. The smallest absolute Gasteiger partial charge is 0.00490 e. The molecule has 0 aromatic rings. The van der Waals surface area contributed by atoms with Gasteiger partial charge in [-0.3, -0.25) is 0 Å². The highest BCUT2D eigenvalue weighted by atomic mass is 32.2. The second kappa shape index (κ2) is 7.56. The van der Waals surface area contributed by atoms with Crippen LogP contribution in [0.1, 0.15) is 52.9 Å². The Labute approximate surface area is 99.8 Å². The van der Waals surface area contributed by atoms with Crippen LogP contribution in [0, 0.1) is 5.92 Å². The Morgan fingerprint density at radius 2 is 1.93 bits per heavy atom. The summed E-state index contributed by atoms with van der Waals surface area (Å²) in [5, 5.41) is 4.31. The van der Waals surface area contributed by atoms with Gasteiger partial charge in [0.2, 0.25) is 0 Å². The molecule has 1 fully saturated rings. The van der Waals surface area contributed by atoms with Gasteiger partial charge in [-0.2, -0.15) is 11.8 Å². The first-order valence-corrected chi connectivity index (χ1v) is 7.62. The van der Waals surface area contributed by atoms with E-state index in [1.807, 2.05) is 0 Å². The molecule has 2 unspecified atom stereocenters. The third-order valence-corrected chi connectivity index (χ3v) is 4.75. The van der Waals surface area contributed by atoms with Crippen LogP contribution in [0.25, 0.3) is 0 Å². The van der Waals surface area contributed by atoms with E-state index in [4.69, 9.17) is 0 Å². The van der Waals surface area contributed by atoms with Crippen molar-refractivity contribution < 1.29 is 0 Å². The summed E-state index contributed by atoms with van der Waals surface area (Å²) in [6, 6.07) is 0.682. The summed E-state index contributed by atoms with van der Waals surface area (Å²) in [7, 11) is 0. The minimum Gasteiger partial charge on any atom is -0.314 e. The molecule has 90 valence electrons. The highest BCUT2D eigenvalue weighted by Gasteiger charge is 2.16. The number of hydrogen-bond donors (Lipinski definition) is 1. The predicted molar refractivity (Wildman–Crippen MR) is 71.6 cm³/mol. The fourth-order valence-electron chi connectivity index (χ4n) is 2.48. The summed E-state index contributed by atoms with van der Waals surface area (Å²) in [5.74, 6) is 2.44. The molecule has 2 heteroatoms. The van der Waals surface area contributed by atoms with Crippen molar-refractivity contribution >= 4 is 11.8 Å². The van der Waals surface area contributed by atoms with Gasteiger partial charge in [0.25, 0.3) is 0 Å². The van der Waals surface area contributed by atoms with E-state index in [1.165, 1.54) is 37.9 Å². The van der Waals surface area contributed by atoms with Crippen LogP contribution in [-0.4, -0.2) is 23.6 Å². The van der Waals surface area contributed by atoms with E-state index in [9.17, 15) is 0 Å². The lowest BCUT2D eigenvalue weighted by Crippen LogP contribution is -2.28. The van der Waals surface area contributed by atoms with E-state index in [0.29, 0.717) is 6.04 Å². The molecule has 1 nitrogen and oxygen atoms in total. The molecule has 0 amide bonds. The van der Waals surface area contributed by atoms with Crippen molar-refractivity contribution in [2.45, 2.75) is 64.2 Å². The predicted octanol–water partition coefficient (Wildman–Crippen LogP) is 3.69. The van der Waals surface area contributed by atoms with Gasteiger partial charge >= 0.3 is 0 Å². The summed E-state index contributed by atoms with van der Waals surface area (Å²) in [6.45, 7) is 7.97. The quantitative estimate of drug-likeness (QED) is 0.714. The molecule has 1 aliphatic rings. The van der Waals surface area contributed by atoms with Gasteiger partial charge in [-0.25, -0.2) is 0 Å². The molecule has 1 N–H and O–H groups in total. The Bertz CT molecular complexity index is 155. The second-order valence-electron chi connectivity index (χ2n) is 4.99. The molecule has 0 radical (unpaired) electrons. The first-order valence-electron chi connectivity index (χ1n) is 6.57. The number of rotatable bonds is 7. The van der Waals surface area contributed by atoms with Crippen molar-refractivity contribution in [3.63, 3.8) is 0 Å². The lowest BCUT2D eigenvalue weighted by molar-refractivity contribution is 0.528. The molecule has 0 spiro atoms. The Hall–Kier alpha value is 0.310. The Kier molecular flexibility index (Phi) is 6.74. The molecule has 0 aromatic heterocycles. The van der Waals surface area contributed by atoms with Gasteiger partial charge in [0.1, 0.15) is 0 Å². The van der Waals surface area contributed by atoms with Crippen LogP contribution in [0.4, 0.5) is 0 Å². The Morgan fingerprint density at radius 1 is 1.27 bits per heavy atom. The number of thioether (sulfide) groups is 1.